The summed E-state index contributed by atoms with van der Waals surface area (Å²) in [5.41, 5.74) is 7.84. The van der Waals surface area contributed by atoms with Crippen LogP contribution in [0.3, 0.4) is 0 Å². The molecule has 0 spiro atoms. The second-order valence-corrected chi connectivity index (χ2v) is 4.86. The topological polar surface area (TPSA) is 99.1 Å². The predicted octanol–water partition coefficient (Wildman–Crippen LogP) is 1.20. The Morgan fingerprint density at radius 3 is 2.50 bits per heavy atom. The van der Waals surface area contributed by atoms with Crippen molar-refractivity contribution >= 4 is 11.8 Å². The van der Waals surface area contributed by atoms with Gasteiger partial charge in [-0.25, -0.2) is 0 Å². The Hall–Kier alpha value is -2.64. The number of carbonyl (C=O) groups is 2. The van der Waals surface area contributed by atoms with Crippen LogP contribution in [0.2, 0.25) is 0 Å². The fraction of sp³-hybridized carbons (Fsp3) is 0.214. The molecule has 116 valence electrons. The van der Waals surface area contributed by atoms with E-state index in [2.05, 4.69) is 4.98 Å². The molecule has 2 amide bonds. The molecule has 4 N–H and O–H groups in total. The monoisotopic (exact) mass is 311 g/mol. The molecule has 0 bridgehead atoms. The van der Waals surface area contributed by atoms with E-state index in [0.29, 0.717) is 0 Å². The molecule has 0 aliphatic heterocycles. The van der Waals surface area contributed by atoms with Crippen molar-refractivity contribution in [3.8, 4) is 0 Å². The number of pyridine rings is 1. The fourth-order valence-electron chi connectivity index (χ4n) is 2.24. The van der Waals surface area contributed by atoms with E-state index in [9.17, 15) is 22.8 Å². The molecule has 1 heterocycles. The van der Waals surface area contributed by atoms with E-state index in [-0.39, 0.29) is 17.7 Å². The normalized spacial score (nSPS) is 21.3. The Labute approximate surface area is 123 Å². The molecule has 1 aliphatic rings. The average molecular weight is 311 g/mol. The Morgan fingerprint density at radius 2 is 1.95 bits per heavy atom. The van der Waals surface area contributed by atoms with Crippen molar-refractivity contribution in [1.29, 1.82) is 0 Å². The molecule has 1 aromatic heterocycles. The first-order valence-corrected chi connectivity index (χ1v) is 6.18. The summed E-state index contributed by atoms with van der Waals surface area (Å²) in [6.07, 6.45) is 0.191. The number of carbonyl (C=O) groups excluding carboxylic acids is 2. The van der Waals surface area contributed by atoms with E-state index in [1.54, 1.807) is 0 Å². The maximum Gasteiger partial charge on any atom is 0.416 e. The zero-order valence-corrected chi connectivity index (χ0v) is 11.2. The van der Waals surface area contributed by atoms with E-state index in [4.69, 9.17) is 11.5 Å². The second kappa shape index (κ2) is 5.28. The fourth-order valence-corrected chi connectivity index (χ4v) is 2.24. The van der Waals surface area contributed by atoms with Gasteiger partial charge in [0.1, 0.15) is 5.41 Å². The molecule has 1 aromatic rings. The number of aromatic nitrogens is 1. The van der Waals surface area contributed by atoms with Gasteiger partial charge in [-0.3, -0.25) is 14.6 Å². The van der Waals surface area contributed by atoms with Crippen molar-refractivity contribution in [2.45, 2.75) is 18.0 Å². The molecule has 0 fully saturated rings. The number of primary amides is 2. The number of rotatable bonds is 3. The van der Waals surface area contributed by atoms with Crippen molar-refractivity contribution in [2.24, 2.45) is 11.5 Å². The summed E-state index contributed by atoms with van der Waals surface area (Å²) >= 11 is 0. The van der Waals surface area contributed by atoms with Crippen LogP contribution in [0.4, 0.5) is 13.2 Å². The van der Waals surface area contributed by atoms with Gasteiger partial charge >= 0.3 is 6.18 Å². The molecule has 5 nitrogen and oxygen atoms in total. The van der Waals surface area contributed by atoms with Gasteiger partial charge in [0.25, 0.3) is 0 Å². The van der Waals surface area contributed by atoms with E-state index in [1.165, 1.54) is 18.2 Å². The molecule has 2 rings (SSSR count). The Kier molecular flexibility index (Phi) is 3.78. The SMILES string of the molecule is NC(=O)C1=CC=CC(C(N)=O)(c2cc(C(F)(F)F)ccn2)C1. The summed E-state index contributed by atoms with van der Waals surface area (Å²) in [7, 11) is 0. The first-order valence-electron chi connectivity index (χ1n) is 6.18. The van der Waals surface area contributed by atoms with E-state index in [0.717, 1.165) is 18.3 Å². The van der Waals surface area contributed by atoms with Crippen LogP contribution in [-0.4, -0.2) is 16.8 Å². The first kappa shape index (κ1) is 15.7. The van der Waals surface area contributed by atoms with Gasteiger partial charge in [-0.15, -0.1) is 0 Å². The van der Waals surface area contributed by atoms with Gasteiger partial charge in [-0.1, -0.05) is 18.2 Å². The van der Waals surface area contributed by atoms with Crippen molar-refractivity contribution in [1.82, 2.24) is 4.98 Å². The van der Waals surface area contributed by atoms with Gasteiger partial charge in [-0.05, 0) is 12.1 Å². The van der Waals surface area contributed by atoms with Crippen molar-refractivity contribution in [2.75, 3.05) is 0 Å². The first-order chi connectivity index (χ1) is 10.2. The maximum atomic E-state index is 12.8. The number of allylic oxidation sites excluding steroid dienone is 2. The Balaban J connectivity index is 2.56. The highest BCUT2D eigenvalue weighted by molar-refractivity contribution is 5.97. The molecule has 0 aromatic carbocycles. The van der Waals surface area contributed by atoms with Crippen LogP contribution in [-0.2, 0) is 21.2 Å². The zero-order chi connectivity index (χ0) is 16.5. The smallest absolute Gasteiger partial charge is 0.369 e. The van der Waals surface area contributed by atoms with E-state index >= 15 is 0 Å². The lowest BCUT2D eigenvalue weighted by Gasteiger charge is -2.29. The molecular formula is C14H12F3N3O2. The highest BCUT2D eigenvalue weighted by Crippen LogP contribution is 2.37. The van der Waals surface area contributed by atoms with Gasteiger partial charge in [0.15, 0.2) is 0 Å². The molecule has 1 unspecified atom stereocenters. The Morgan fingerprint density at radius 1 is 1.27 bits per heavy atom. The highest BCUT2D eigenvalue weighted by Gasteiger charge is 2.42. The molecule has 0 radical (unpaired) electrons. The number of hydrogen-bond acceptors (Lipinski definition) is 3. The van der Waals surface area contributed by atoms with Crippen LogP contribution < -0.4 is 11.5 Å². The predicted molar refractivity (Wildman–Crippen MR) is 71.1 cm³/mol. The summed E-state index contributed by atoms with van der Waals surface area (Å²) in [6, 6.07) is 1.54. The number of halogens is 3. The Bertz CT molecular complexity index is 695. The van der Waals surface area contributed by atoms with Gasteiger partial charge < -0.3 is 11.5 Å². The van der Waals surface area contributed by atoms with Crippen LogP contribution in [0.25, 0.3) is 0 Å². The van der Waals surface area contributed by atoms with E-state index < -0.39 is 29.0 Å². The maximum absolute atomic E-state index is 12.8. The third-order valence-corrected chi connectivity index (χ3v) is 3.45. The lowest BCUT2D eigenvalue weighted by molar-refractivity contribution is -0.138. The lowest BCUT2D eigenvalue weighted by atomic mass is 9.74. The quantitative estimate of drug-likeness (QED) is 0.877. The van der Waals surface area contributed by atoms with Gasteiger partial charge in [0.2, 0.25) is 11.8 Å². The number of nitrogens with zero attached hydrogens (tertiary/aromatic N) is 1. The zero-order valence-electron chi connectivity index (χ0n) is 11.2. The minimum atomic E-state index is -4.59. The van der Waals surface area contributed by atoms with Gasteiger partial charge in [0, 0.05) is 18.2 Å². The van der Waals surface area contributed by atoms with Crippen LogP contribution in [0.15, 0.2) is 42.1 Å². The highest BCUT2D eigenvalue weighted by atomic mass is 19.4. The standard InChI is InChI=1S/C14H12F3N3O2/c15-14(16,17)9-3-5-20-10(6-9)13(12(19)22)4-1-2-8(7-13)11(18)21/h1-6H,7H2,(H2,18,21)(H2,19,22). The van der Waals surface area contributed by atoms with Crippen molar-refractivity contribution in [3.63, 3.8) is 0 Å². The van der Waals surface area contributed by atoms with Crippen molar-refractivity contribution < 1.29 is 22.8 Å². The molecule has 0 saturated carbocycles. The number of nitrogens with two attached hydrogens (primary N) is 2. The number of amides is 2. The molecule has 1 aliphatic carbocycles. The average Bonchev–Trinajstić information content (AvgIpc) is 2.46. The minimum Gasteiger partial charge on any atom is -0.369 e. The molecule has 8 heteroatoms. The lowest BCUT2D eigenvalue weighted by Crippen LogP contribution is -2.43. The second-order valence-electron chi connectivity index (χ2n) is 4.86. The molecule has 1 atom stereocenters. The molecule has 0 saturated heterocycles. The summed E-state index contributed by atoms with van der Waals surface area (Å²) in [5.74, 6) is -1.69. The molecule has 22 heavy (non-hydrogen) atoms. The minimum absolute atomic E-state index is 0.0838. The largest absolute Gasteiger partial charge is 0.416 e. The third-order valence-electron chi connectivity index (χ3n) is 3.45. The number of alkyl halides is 3. The van der Waals surface area contributed by atoms with Gasteiger partial charge in [0.05, 0.1) is 11.3 Å². The summed E-state index contributed by atoms with van der Waals surface area (Å²) in [4.78, 5) is 27.0. The van der Waals surface area contributed by atoms with Crippen LogP contribution in [0.5, 0.6) is 0 Å². The third kappa shape index (κ3) is 2.72. The van der Waals surface area contributed by atoms with Crippen LogP contribution in [0, 0.1) is 0 Å². The number of hydrogen-bond donors (Lipinski definition) is 2. The summed E-state index contributed by atoms with van der Waals surface area (Å²) < 4.78 is 38.5. The molecular weight excluding hydrogens is 299 g/mol. The van der Waals surface area contributed by atoms with E-state index in [1.807, 2.05) is 0 Å². The summed E-state index contributed by atoms with van der Waals surface area (Å²) in [6.45, 7) is 0. The summed E-state index contributed by atoms with van der Waals surface area (Å²) in [5, 5.41) is 0. The van der Waals surface area contributed by atoms with Crippen molar-refractivity contribution in [3.05, 3.63) is 53.4 Å². The van der Waals surface area contributed by atoms with Crippen LogP contribution >= 0.6 is 0 Å². The van der Waals surface area contributed by atoms with Crippen LogP contribution in [0.1, 0.15) is 17.7 Å². The van der Waals surface area contributed by atoms with Gasteiger partial charge in [-0.2, -0.15) is 13.2 Å².